The van der Waals surface area contributed by atoms with Gasteiger partial charge in [-0.3, -0.25) is 9.69 Å². The summed E-state index contributed by atoms with van der Waals surface area (Å²) >= 11 is 0. The van der Waals surface area contributed by atoms with E-state index in [4.69, 9.17) is 0 Å². The molecule has 19 heavy (non-hydrogen) atoms. The Morgan fingerprint density at radius 1 is 1.42 bits per heavy atom. The summed E-state index contributed by atoms with van der Waals surface area (Å²) < 4.78 is 27.6. The molecule has 0 saturated carbocycles. The Morgan fingerprint density at radius 3 is 2.53 bits per heavy atom. The molecule has 2 unspecified atom stereocenters. The van der Waals surface area contributed by atoms with E-state index in [0.29, 0.717) is 19.4 Å². The lowest BCUT2D eigenvalue weighted by atomic mass is 9.95. The monoisotopic (exact) mass is 269 g/mol. The first-order chi connectivity index (χ1) is 8.88. The first kappa shape index (κ1) is 13.9. The molecular weight excluding hydrogens is 252 g/mol. The van der Waals surface area contributed by atoms with E-state index < -0.39 is 29.2 Å². The van der Waals surface area contributed by atoms with Crippen LogP contribution in [0.2, 0.25) is 0 Å². The molecule has 0 aliphatic carbocycles. The summed E-state index contributed by atoms with van der Waals surface area (Å²) in [5, 5.41) is 9.35. The molecule has 0 amide bonds. The minimum Gasteiger partial charge on any atom is -0.480 e. The van der Waals surface area contributed by atoms with Gasteiger partial charge in [-0.25, -0.2) is 8.78 Å². The van der Waals surface area contributed by atoms with E-state index in [9.17, 15) is 18.7 Å². The maximum absolute atomic E-state index is 13.8. The molecule has 3 nitrogen and oxygen atoms in total. The minimum absolute atomic E-state index is 0.0584. The molecule has 0 bridgehead atoms. The summed E-state index contributed by atoms with van der Waals surface area (Å²) in [5.74, 6) is -2.21. The minimum atomic E-state index is -1.06. The summed E-state index contributed by atoms with van der Waals surface area (Å²) in [5.41, 5.74) is -1.12. The molecule has 1 aliphatic rings. The molecule has 0 radical (unpaired) electrons. The second-order valence-corrected chi connectivity index (χ2v) is 5.19. The predicted molar refractivity (Wildman–Crippen MR) is 66.8 cm³/mol. The Bertz CT molecular complexity index is 486. The summed E-state index contributed by atoms with van der Waals surface area (Å²) in [6.45, 7) is 3.78. The third-order valence-electron chi connectivity index (χ3n) is 4.04. The highest BCUT2D eigenvalue weighted by atomic mass is 19.1. The van der Waals surface area contributed by atoms with Crippen LogP contribution in [0.4, 0.5) is 8.78 Å². The van der Waals surface area contributed by atoms with Crippen LogP contribution in [-0.4, -0.2) is 28.1 Å². The van der Waals surface area contributed by atoms with Crippen molar-refractivity contribution in [3.63, 3.8) is 0 Å². The number of rotatable bonds is 3. The lowest BCUT2D eigenvalue weighted by Crippen LogP contribution is -2.49. The van der Waals surface area contributed by atoms with Crippen LogP contribution in [0.1, 0.15) is 38.3 Å². The average Bonchev–Trinajstić information content (AvgIpc) is 2.72. The number of carbonyl (C=O) groups is 1. The molecule has 1 saturated heterocycles. The van der Waals surface area contributed by atoms with E-state index in [0.717, 1.165) is 0 Å². The molecule has 0 aromatic heterocycles. The molecule has 1 heterocycles. The molecular formula is C14H17F2NO2. The first-order valence-electron chi connectivity index (χ1n) is 6.32. The Hall–Kier alpha value is -1.49. The number of benzene rings is 1. The maximum atomic E-state index is 13.8. The molecule has 1 aliphatic heterocycles. The van der Waals surface area contributed by atoms with Crippen molar-refractivity contribution in [2.75, 3.05) is 6.54 Å². The van der Waals surface area contributed by atoms with Gasteiger partial charge in [0.1, 0.15) is 17.2 Å². The zero-order chi connectivity index (χ0) is 14.2. The van der Waals surface area contributed by atoms with E-state index in [1.54, 1.807) is 18.7 Å². The van der Waals surface area contributed by atoms with Gasteiger partial charge < -0.3 is 5.11 Å². The smallest absolute Gasteiger partial charge is 0.323 e. The van der Waals surface area contributed by atoms with Crippen LogP contribution in [0.15, 0.2) is 18.2 Å². The van der Waals surface area contributed by atoms with Gasteiger partial charge in [0.05, 0.1) is 0 Å². The second kappa shape index (κ2) is 4.89. The van der Waals surface area contributed by atoms with Crippen LogP contribution in [0.5, 0.6) is 0 Å². The maximum Gasteiger partial charge on any atom is 0.323 e. The van der Waals surface area contributed by atoms with E-state index in [1.807, 2.05) is 0 Å². The highest BCUT2D eigenvalue weighted by molar-refractivity contribution is 5.78. The summed E-state index contributed by atoms with van der Waals surface area (Å²) in [6.07, 6.45) is 1.20. The van der Waals surface area contributed by atoms with Gasteiger partial charge in [0, 0.05) is 11.6 Å². The largest absolute Gasteiger partial charge is 0.480 e. The average molecular weight is 269 g/mol. The molecule has 104 valence electrons. The Morgan fingerprint density at radius 2 is 2.00 bits per heavy atom. The zero-order valence-corrected chi connectivity index (χ0v) is 11.0. The molecule has 1 aromatic rings. The predicted octanol–water partition coefficient (Wildman–Crippen LogP) is 2.96. The van der Waals surface area contributed by atoms with Crippen LogP contribution in [0.25, 0.3) is 0 Å². The fourth-order valence-electron chi connectivity index (χ4n) is 2.90. The summed E-state index contributed by atoms with van der Waals surface area (Å²) in [6, 6.07) is 3.10. The van der Waals surface area contributed by atoms with Gasteiger partial charge in [0.25, 0.3) is 0 Å². The molecule has 1 N–H and O–H groups in total. The van der Waals surface area contributed by atoms with E-state index in [1.165, 1.54) is 18.2 Å². The van der Waals surface area contributed by atoms with Gasteiger partial charge in [0.2, 0.25) is 0 Å². The lowest BCUT2D eigenvalue weighted by molar-refractivity contribution is -0.150. The number of nitrogens with zero attached hydrogens (tertiary/aromatic N) is 1. The topological polar surface area (TPSA) is 40.5 Å². The van der Waals surface area contributed by atoms with E-state index >= 15 is 0 Å². The Balaban J connectivity index is 2.39. The third kappa shape index (κ3) is 2.23. The van der Waals surface area contributed by atoms with Crippen LogP contribution >= 0.6 is 0 Å². The number of hydrogen-bond donors (Lipinski definition) is 1. The fraction of sp³-hybridized carbons (Fsp3) is 0.500. The molecule has 0 spiro atoms. The highest BCUT2D eigenvalue weighted by Crippen LogP contribution is 2.38. The number of hydrogen-bond acceptors (Lipinski definition) is 2. The Labute approximate surface area is 110 Å². The van der Waals surface area contributed by atoms with Gasteiger partial charge in [-0.05, 0) is 45.4 Å². The van der Waals surface area contributed by atoms with Crippen LogP contribution in [-0.2, 0) is 4.79 Å². The van der Waals surface area contributed by atoms with Crippen molar-refractivity contribution in [2.45, 2.75) is 38.3 Å². The van der Waals surface area contributed by atoms with Gasteiger partial charge in [-0.2, -0.15) is 0 Å². The standard InChI is InChI=1S/C14H17F2NO2/c1-9(12-10(15)5-3-6-11(12)16)17-8-4-7-14(17,2)13(18)19/h3,5-6,9H,4,7-8H2,1-2H3,(H,18,19). The van der Waals surface area contributed by atoms with Crippen molar-refractivity contribution in [1.29, 1.82) is 0 Å². The number of halogens is 2. The molecule has 1 fully saturated rings. The van der Waals surface area contributed by atoms with Crippen molar-refractivity contribution in [3.8, 4) is 0 Å². The summed E-state index contributed by atoms with van der Waals surface area (Å²) in [4.78, 5) is 13.1. The van der Waals surface area contributed by atoms with Crippen molar-refractivity contribution in [1.82, 2.24) is 4.90 Å². The zero-order valence-electron chi connectivity index (χ0n) is 11.0. The number of carboxylic acids is 1. The molecule has 2 rings (SSSR count). The molecule has 2 atom stereocenters. The number of carboxylic acid groups (broad SMARTS) is 1. The number of aliphatic carboxylic acids is 1. The van der Waals surface area contributed by atoms with Crippen molar-refractivity contribution in [3.05, 3.63) is 35.4 Å². The van der Waals surface area contributed by atoms with Gasteiger partial charge in [-0.1, -0.05) is 6.07 Å². The van der Waals surface area contributed by atoms with Crippen molar-refractivity contribution in [2.24, 2.45) is 0 Å². The van der Waals surface area contributed by atoms with Crippen molar-refractivity contribution < 1.29 is 18.7 Å². The highest BCUT2D eigenvalue weighted by Gasteiger charge is 2.46. The molecule has 1 aromatic carbocycles. The second-order valence-electron chi connectivity index (χ2n) is 5.19. The third-order valence-corrected chi connectivity index (χ3v) is 4.04. The first-order valence-corrected chi connectivity index (χ1v) is 6.32. The van der Waals surface area contributed by atoms with Gasteiger partial charge in [0.15, 0.2) is 0 Å². The SMILES string of the molecule is CC(c1c(F)cccc1F)N1CCCC1(C)C(=O)O. The van der Waals surface area contributed by atoms with Crippen molar-refractivity contribution >= 4 is 5.97 Å². The molecule has 5 heteroatoms. The summed E-state index contributed by atoms with van der Waals surface area (Å²) in [7, 11) is 0. The Kier molecular flexibility index (Phi) is 3.58. The van der Waals surface area contributed by atoms with Gasteiger partial charge >= 0.3 is 5.97 Å². The van der Waals surface area contributed by atoms with E-state index in [-0.39, 0.29) is 5.56 Å². The normalized spacial score (nSPS) is 25.5. The van der Waals surface area contributed by atoms with Gasteiger partial charge in [-0.15, -0.1) is 0 Å². The van der Waals surface area contributed by atoms with Crippen LogP contribution in [0.3, 0.4) is 0 Å². The number of likely N-dealkylation sites (tertiary alicyclic amines) is 1. The fourth-order valence-corrected chi connectivity index (χ4v) is 2.90. The lowest BCUT2D eigenvalue weighted by Gasteiger charge is -2.36. The van der Waals surface area contributed by atoms with E-state index in [2.05, 4.69) is 0 Å². The van der Waals surface area contributed by atoms with Crippen LogP contribution in [0, 0.1) is 11.6 Å². The quantitative estimate of drug-likeness (QED) is 0.917. The van der Waals surface area contributed by atoms with Crippen LogP contribution < -0.4 is 0 Å².